The first-order chi connectivity index (χ1) is 18.4. The molecule has 0 heterocycles. The van der Waals surface area contributed by atoms with Gasteiger partial charge in [0.15, 0.2) is 0 Å². The van der Waals surface area contributed by atoms with Gasteiger partial charge in [-0.25, -0.2) is 0 Å². The number of rotatable bonds is 19. The van der Waals surface area contributed by atoms with Crippen LogP contribution in [-0.4, -0.2) is 32.2 Å². The summed E-state index contributed by atoms with van der Waals surface area (Å²) in [5.74, 6) is 0. The number of allylic oxidation sites excluding steroid dienone is 1. The number of aliphatic hydroxyl groups is 1. The van der Waals surface area contributed by atoms with Gasteiger partial charge in [0.05, 0.1) is 18.8 Å². The summed E-state index contributed by atoms with van der Waals surface area (Å²) >= 11 is 0. The van der Waals surface area contributed by atoms with Crippen LogP contribution < -0.4 is 16.1 Å². The molecule has 0 aliphatic carbocycles. The van der Waals surface area contributed by atoms with Gasteiger partial charge < -0.3 is 15.3 Å². The van der Waals surface area contributed by atoms with Crippen molar-refractivity contribution in [3.63, 3.8) is 0 Å². The summed E-state index contributed by atoms with van der Waals surface area (Å²) < 4.78 is 7.20. The molecule has 0 unspecified atom stereocenters. The summed E-state index contributed by atoms with van der Waals surface area (Å²) in [7, 11) is -2.74. The molecule has 212 valence electrons. The van der Waals surface area contributed by atoms with E-state index < -0.39 is 14.4 Å². The van der Waals surface area contributed by atoms with Crippen LogP contribution in [0.15, 0.2) is 72.8 Å². The lowest BCUT2D eigenvalue weighted by molar-refractivity contribution is 0.153. The Balaban J connectivity index is 2.03. The molecule has 3 nitrogen and oxygen atoms in total. The zero-order valence-electron chi connectivity index (χ0n) is 24.7. The monoisotopic (exact) mass is 537 g/mol. The molecule has 2 rings (SSSR count). The summed E-state index contributed by atoms with van der Waals surface area (Å²) in [6.07, 6.45) is 19.9. The van der Waals surface area contributed by atoms with Crippen LogP contribution in [-0.2, 0) is 4.43 Å². The number of benzene rings is 2. The van der Waals surface area contributed by atoms with Crippen molar-refractivity contribution >= 4 is 18.7 Å². The molecule has 0 fully saturated rings. The lowest BCUT2D eigenvalue weighted by Crippen LogP contribution is -2.68. The second kappa shape index (κ2) is 17.8. The molecule has 0 saturated heterocycles. The quantitative estimate of drug-likeness (QED) is 0.111. The highest BCUT2D eigenvalue weighted by Crippen LogP contribution is 2.38. The van der Waals surface area contributed by atoms with Crippen molar-refractivity contribution in [2.45, 2.75) is 122 Å². The second-order valence-electron chi connectivity index (χ2n) is 11.8. The maximum Gasteiger partial charge on any atom is 0.261 e. The maximum absolute atomic E-state index is 10.0. The third-order valence-corrected chi connectivity index (χ3v) is 12.7. The Morgan fingerprint density at radius 2 is 1.21 bits per heavy atom. The average Bonchev–Trinajstić information content (AvgIpc) is 2.93. The summed E-state index contributed by atoms with van der Waals surface area (Å²) in [5, 5.41) is 12.4. The van der Waals surface area contributed by atoms with Gasteiger partial charge in [0.25, 0.3) is 8.32 Å². The highest BCUT2D eigenvalue weighted by Gasteiger charge is 2.51. The topological polar surface area (TPSA) is 55.5 Å². The van der Waals surface area contributed by atoms with E-state index in [0.717, 1.165) is 6.42 Å². The molecular weight excluding hydrogens is 482 g/mol. The molecule has 0 aliphatic rings. The van der Waals surface area contributed by atoms with Gasteiger partial charge in [-0.3, -0.25) is 0 Å². The summed E-state index contributed by atoms with van der Waals surface area (Å²) in [5.41, 5.74) is 6.47. The summed E-state index contributed by atoms with van der Waals surface area (Å²) in [4.78, 5) is 0. The molecule has 3 N–H and O–H groups in total. The van der Waals surface area contributed by atoms with Gasteiger partial charge in [-0.15, -0.1) is 0 Å². The minimum atomic E-state index is -2.74. The van der Waals surface area contributed by atoms with E-state index >= 15 is 0 Å². The van der Waals surface area contributed by atoms with Gasteiger partial charge in [0.2, 0.25) is 0 Å². The van der Waals surface area contributed by atoms with Crippen LogP contribution >= 0.6 is 0 Å². The molecule has 38 heavy (non-hydrogen) atoms. The van der Waals surface area contributed by atoms with Crippen LogP contribution in [0.2, 0.25) is 5.04 Å². The summed E-state index contributed by atoms with van der Waals surface area (Å²) in [6.45, 7) is 8.99. The van der Waals surface area contributed by atoms with Crippen LogP contribution in [0.4, 0.5) is 0 Å². The van der Waals surface area contributed by atoms with Crippen molar-refractivity contribution < 1.29 is 9.53 Å². The van der Waals surface area contributed by atoms with E-state index in [1.54, 1.807) is 0 Å². The molecule has 0 spiro atoms. The number of unbranched alkanes of at least 4 members (excludes halogenated alkanes) is 11. The molecule has 2 aromatic rings. The van der Waals surface area contributed by atoms with Crippen LogP contribution in [0, 0.1) is 0 Å². The Hall–Kier alpha value is -1.72. The highest BCUT2D eigenvalue weighted by atomic mass is 28.4. The molecule has 0 amide bonds. The molecular formula is C34H55NO2Si. The molecule has 0 radical (unpaired) electrons. The molecule has 2 atom stereocenters. The van der Waals surface area contributed by atoms with Crippen molar-refractivity contribution in [3.8, 4) is 0 Å². The first-order valence-corrected chi connectivity index (χ1v) is 17.1. The molecule has 0 saturated carbocycles. The predicted octanol–water partition coefficient (Wildman–Crippen LogP) is 7.51. The Bertz CT molecular complexity index is 839. The van der Waals surface area contributed by atoms with Crippen molar-refractivity contribution in [1.82, 2.24) is 0 Å². The maximum atomic E-state index is 10.0. The average molecular weight is 538 g/mol. The molecule has 2 aromatic carbocycles. The highest BCUT2D eigenvalue weighted by molar-refractivity contribution is 6.99. The molecule has 4 heteroatoms. The van der Waals surface area contributed by atoms with Crippen LogP contribution in [0.1, 0.15) is 105 Å². The smallest absolute Gasteiger partial charge is 0.261 e. The van der Waals surface area contributed by atoms with Crippen LogP contribution in [0.5, 0.6) is 0 Å². The summed E-state index contributed by atoms with van der Waals surface area (Å²) in [6, 6.07) is 20.8. The predicted molar refractivity (Wildman–Crippen MR) is 168 cm³/mol. The van der Waals surface area contributed by atoms with Crippen molar-refractivity contribution in [2.24, 2.45) is 5.73 Å². The van der Waals surface area contributed by atoms with E-state index in [1.807, 2.05) is 0 Å². The molecule has 0 bridgehead atoms. The van der Waals surface area contributed by atoms with E-state index in [1.165, 1.54) is 81.0 Å². The number of hydrogen-bond donors (Lipinski definition) is 2. The van der Waals surface area contributed by atoms with Gasteiger partial charge in [0, 0.05) is 0 Å². The minimum absolute atomic E-state index is 0.106. The minimum Gasteiger partial charge on any atom is -0.399 e. The fraction of sp³-hybridized carbons (Fsp3) is 0.588. The Labute approximate surface area is 235 Å². The fourth-order valence-electron chi connectivity index (χ4n) is 5.43. The molecule has 0 aromatic heterocycles. The Kier molecular flexibility index (Phi) is 15.2. The number of nitrogens with two attached hydrogens (primary N) is 1. The zero-order valence-corrected chi connectivity index (χ0v) is 25.7. The second-order valence-corrected chi connectivity index (χ2v) is 16.1. The Morgan fingerprint density at radius 1 is 0.763 bits per heavy atom. The SMILES string of the molecule is CCCCCCCCCCCCC/C=C/[C@H](O[Si](c1ccccc1)(c1ccccc1)C(C)(C)C)[C@@H](N)CO. The van der Waals surface area contributed by atoms with Crippen LogP contribution in [0.25, 0.3) is 0 Å². The van der Waals surface area contributed by atoms with E-state index in [2.05, 4.69) is 101 Å². The van der Waals surface area contributed by atoms with Gasteiger partial charge >= 0.3 is 0 Å². The largest absolute Gasteiger partial charge is 0.399 e. The normalized spacial score (nSPS) is 14.2. The lowest BCUT2D eigenvalue weighted by Gasteiger charge is -2.45. The fourth-order valence-corrected chi connectivity index (χ4v) is 10.1. The van der Waals surface area contributed by atoms with Crippen molar-refractivity contribution in [3.05, 3.63) is 72.8 Å². The number of aliphatic hydroxyl groups excluding tert-OH is 1. The van der Waals surface area contributed by atoms with E-state index in [4.69, 9.17) is 10.2 Å². The number of hydrogen-bond acceptors (Lipinski definition) is 3. The standard InChI is InChI=1S/C34H55NO2Si/c1-5-6-7-8-9-10-11-12-13-14-15-16-23-28-33(32(35)29-36)37-38(34(2,3)4,30-24-19-17-20-25-30)31-26-21-18-22-27-31/h17-28,32-33,36H,5-16,29,35H2,1-4H3/b28-23+/t32-,33-/m0/s1. The third-order valence-electron chi connectivity index (χ3n) is 7.66. The van der Waals surface area contributed by atoms with Crippen molar-refractivity contribution in [1.29, 1.82) is 0 Å². The lowest BCUT2D eigenvalue weighted by atomic mass is 10.0. The third kappa shape index (κ3) is 10.1. The van der Waals surface area contributed by atoms with Gasteiger partial charge in [-0.1, -0.05) is 165 Å². The first-order valence-electron chi connectivity index (χ1n) is 15.2. The molecule has 0 aliphatic heterocycles. The Morgan fingerprint density at radius 3 is 1.63 bits per heavy atom. The van der Waals surface area contributed by atoms with Gasteiger partial charge in [-0.2, -0.15) is 0 Å². The van der Waals surface area contributed by atoms with Gasteiger partial charge in [-0.05, 0) is 28.3 Å². The van der Waals surface area contributed by atoms with Gasteiger partial charge in [0.1, 0.15) is 0 Å². The van der Waals surface area contributed by atoms with E-state index in [0.29, 0.717) is 0 Å². The van der Waals surface area contributed by atoms with E-state index in [-0.39, 0.29) is 17.7 Å². The van der Waals surface area contributed by atoms with Crippen molar-refractivity contribution in [2.75, 3.05) is 6.61 Å². The van der Waals surface area contributed by atoms with Crippen LogP contribution in [0.3, 0.4) is 0 Å². The zero-order chi connectivity index (χ0) is 27.7. The van der Waals surface area contributed by atoms with E-state index in [9.17, 15) is 5.11 Å². The first kappa shape index (κ1) is 32.5.